The molecule has 1 aromatic heterocycles. The number of nitrogens with two attached hydrogens (primary N) is 1. The van der Waals surface area contributed by atoms with Crippen LogP contribution < -0.4 is 15.5 Å². The fourth-order valence-corrected chi connectivity index (χ4v) is 5.05. The maximum Gasteiger partial charge on any atom is 0.264 e. The van der Waals surface area contributed by atoms with Crippen LogP contribution in [0.3, 0.4) is 0 Å². The van der Waals surface area contributed by atoms with Gasteiger partial charge in [0.1, 0.15) is 0 Å². The van der Waals surface area contributed by atoms with Gasteiger partial charge in [-0.3, -0.25) is 9.10 Å². The Morgan fingerprint density at radius 1 is 1.00 bits per heavy atom. The monoisotopic (exact) mass is 494 g/mol. The van der Waals surface area contributed by atoms with Gasteiger partial charge in [-0.05, 0) is 30.3 Å². The quantitative estimate of drug-likeness (QED) is 0.285. The molecule has 9 nitrogen and oxygen atoms in total. The summed E-state index contributed by atoms with van der Waals surface area (Å²) in [4.78, 5) is 12.6. The van der Waals surface area contributed by atoms with Crippen LogP contribution in [0.1, 0.15) is 0 Å². The van der Waals surface area contributed by atoms with Crippen LogP contribution in [0.4, 0.5) is 11.4 Å². The van der Waals surface area contributed by atoms with Gasteiger partial charge in [0, 0.05) is 18.3 Å². The van der Waals surface area contributed by atoms with Gasteiger partial charge in [-0.15, -0.1) is 10.2 Å². The van der Waals surface area contributed by atoms with E-state index in [9.17, 15) is 13.2 Å². The molecule has 0 bridgehead atoms. The van der Waals surface area contributed by atoms with Crippen LogP contribution in [0.5, 0.6) is 0 Å². The van der Waals surface area contributed by atoms with Gasteiger partial charge in [-0.2, -0.15) is 0 Å². The van der Waals surface area contributed by atoms with Crippen LogP contribution in [-0.4, -0.2) is 42.0 Å². The number of nitrogens with one attached hydrogen (secondary N) is 1. The number of hydrogen-bond acceptors (Lipinski definition) is 7. The standard InChI is InChI=1S/C23H22N6O3S2/c1-28(19-12-6-3-7-13-19)34(31,32)20-14-8-11-18(15-20)25-21(30)16-33-23-27-26-22(29(23)24)17-9-4-2-5-10-17/h2-15H,16,24H2,1H3,(H,25,30). The smallest absolute Gasteiger partial charge is 0.264 e. The molecule has 0 aliphatic rings. The molecule has 0 saturated carbocycles. The number of nitrogens with zero attached hydrogens (tertiary/aromatic N) is 4. The van der Waals surface area contributed by atoms with Gasteiger partial charge in [0.2, 0.25) is 11.1 Å². The number of carbonyl (C=O) groups excluding carboxylic acids is 1. The van der Waals surface area contributed by atoms with Crippen molar-refractivity contribution in [3.05, 3.63) is 84.9 Å². The summed E-state index contributed by atoms with van der Waals surface area (Å²) in [7, 11) is -2.31. The van der Waals surface area contributed by atoms with Gasteiger partial charge >= 0.3 is 0 Å². The lowest BCUT2D eigenvalue weighted by Gasteiger charge is -2.19. The Kier molecular flexibility index (Phi) is 6.85. The Morgan fingerprint density at radius 3 is 2.38 bits per heavy atom. The van der Waals surface area contributed by atoms with Gasteiger partial charge < -0.3 is 11.2 Å². The van der Waals surface area contributed by atoms with Crippen molar-refractivity contribution < 1.29 is 13.2 Å². The first-order valence-corrected chi connectivity index (χ1v) is 12.6. The molecule has 1 amide bonds. The van der Waals surface area contributed by atoms with E-state index in [0.29, 0.717) is 22.4 Å². The zero-order valence-electron chi connectivity index (χ0n) is 18.2. The number of rotatable bonds is 8. The van der Waals surface area contributed by atoms with Gasteiger partial charge in [0.15, 0.2) is 5.82 Å². The van der Waals surface area contributed by atoms with E-state index in [4.69, 9.17) is 5.84 Å². The second kappa shape index (κ2) is 9.98. The lowest BCUT2D eigenvalue weighted by molar-refractivity contribution is -0.113. The maximum absolute atomic E-state index is 13.0. The largest absolute Gasteiger partial charge is 0.335 e. The van der Waals surface area contributed by atoms with E-state index in [1.165, 1.54) is 28.2 Å². The van der Waals surface area contributed by atoms with E-state index in [1.54, 1.807) is 36.4 Å². The Hall–Kier alpha value is -3.83. The third-order valence-corrected chi connectivity index (χ3v) is 7.65. The summed E-state index contributed by atoms with van der Waals surface area (Å²) in [5, 5.41) is 11.2. The van der Waals surface area contributed by atoms with Crippen LogP contribution in [0.15, 0.2) is 95.0 Å². The normalized spacial score (nSPS) is 11.2. The molecular formula is C23H22N6O3S2. The predicted octanol–water partition coefficient (Wildman–Crippen LogP) is 3.21. The van der Waals surface area contributed by atoms with E-state index in [0.717, 1.165) is 17.3 Å². The minimum absolute atomic E-state index is 0.0189. The summed E-state index contributed by atoms with van der Waals surface area (Å²) in [6.07, 6.45) is 0. The van der Waals surface area contributed by atoms with Crippen LogP contribution in [0, 0.1) is 0 Å². The Labute approximate surface area is 201 Å². The molecule has 4 rings (SSSR count). The molecule has 11 heteroatoms. The first-order chi connectivity index (χ1) is 16.4. The average Bonchev–Trinajstić information content (AvgIpc) is 3.23. The van der Waals surface area contributed by atoms with Gasteiger partial charge in [0.25, 0.3) is 10.0 Å². The molecule has 0 aliphatic heterocycles. The summed E-state index contributed by atoms with van der Waals surface area (Å²) in [6, 6.07) is 24.2. The van der Waals surface area contributed by atoms with E-state index >= 15 is 0 Å². The van der Waals surface area contributed by atoms with Crippen molar-refractivity contribution in [1.82, 2.24) is 14.9 Å². The van der Waals surface area contributed by atoms with E-state index < -0.39 is 10.0 Å². The highest BCUT2D eigenvalue weighted by atomic mass is 32.2. The van der Waals surface area contributed by atoms with Crippen molar-refractivity contribution in [3.63, 3.8) is 0 Å². The van der Waals surface area contributed by atoms with Gasteiger partial charge in [-0.1, -0.05) is 66.4 Å². The lowest BCUT2D eigenvalue weighted by atomic mass is 10.2. The fourth-order valence-electron chi connectivity index (χ4n) is 3.16. The maximum atomic E-state index is 13.0. The zero-order chi connectivity index (χ0) is 24.1. The number of para-hydroxylation sites is 1. The molecule has 0 unspecified atom stereocenters. The van der Waals surface area contributed by atoms with Crippen molar-refractivity contribution in [2.45, 2.75) is 10.1 Å². The second-order valence-electron chi connectivity index (χ2n) is 7.21. The van der Waals surface area contributed by atoms with Crippen molar-refractivity contribution in [2.75, 3.05) is 28.3 Å². The molecule has 0 radical (unpaired) electrons. The molecule has 3 N–H and O–H groups in total. The Morgan fingerprint density at radius 2 is 1.68 bits per heavy atom. The van der Waals surface area contributed by atoms with Crippen LogP contribution >= 0.6 is 11.8 Å². The molecule has 3 aromatic carbocycles. The number of carbonyl (C=O) groups is 1. The van der Waals surface area contributed by atoms with Crippen molar-refractivity contribution in [1.29, 1.82) is 0 Å². The zero-order valence-corrected chi connectivity index (χ0v) is 19.8. The van der Waals surface area contributed by atoms with Crippen LogP contribution in [0.25, 0.3) is 11.4 Å². The van der Waals surface area contributed by atoms with Gasteiger partial charge in [-0.25, -0.2) is 13.1 Å². The summed E-state index contributed by atoms with van der Waals surface area (Å²) in [5.41, 5.74) is 1.72. The lowest BCUT2D eigenvalue weighted by Crippen LogP contribution is -2.26. The fraction of sp³-hybridized carbons (Fsp3) is 0.0870. The van der Waals surface area contributed by atoms with Crippen LogP contribution in [0.2, 0.25) is 0 Å². The first-order valence-electron chi connectivity index (χ1n) is 10.2. The van der Waals surface area contributed by atoms with Crippen molar-refractivity contribution in [2.24, 2.45) is 0 Å². The summed E-state index contributed by atoms with van der Waals surface area (Å²) in [6.45, 7) is 0. The summed E-state index contributed by atoms with van der Waals surface area (Å²) >= 11 is 1.13. The highest BCUT2D eigenvalue weighted by Gasteiger charge is 2.22. The number of aromatic nitrogens is 3. The van der Waals surface area contributed by atoms with E-state index in [2.05, 4.69) is 15.5 Å². The third-order valence-electron chi connectivity index (χ3n) is 4.92. The number of hydrogen-bond donors (Lipinski definition) is 2. The number of benzene rings is 3. The molecule has 0 atom stereocenters. The number of amides is 1. The Balaban J connectivity index is 1.42. The van der Waals surface area contributed by atoms with E-state index in [1.807, 2.05) is 36.4 Å². The van der Waals surface area contributed by atoms with Crippen LogP contribution in [-0.2, 0) is 14.8 Å². The molecule has 0 saturated heterocycles. The highest BCUT2D eigenvalue weighted by molar-refractivity contribution is 7.99. The summed E-state index contributed by atoms with van der Waals surface area (Å²) < 4.78 is 28.6. The molecule has 174 valence electrons. The molecule has 0 aliphatic carbocycles. The highest BCUT2D eigenvalue weighted by Crippen LogP contribution is 2.25. The topological polar surface area (TPSA) is 123 Å². The number of sulfonamides is 1. The minimum atomic E-state index is -3.80. The number of nitrogen functional groups attached to an aromatic ring is 1. The molecule has 0 spiro atoms. The molecule has 34 heavy (non-hydrogen) atoms. The van der Waals surface area contributed by atoms with Crippen molar-refractivity contribution >= 4 is 39.1 Å². The number of thioether (sulfide) groups is 1. The Bertz CT molecular complexity index is 1390. The van der Waals surface area contributed by atoms with Crippen molar-refractivity contribution in [3.8, 4) is 11.4 Å². The molecule has 1 heterocycles. The predicted molar refractivity (Wildman–Crippen MR) is 133 cm³/mol. The first kappa shape index (κ1) is 23.3. The van der Waals surface area contributed by atoms with Gasteiger partial charge in [0.05, 0.1) is 16.3 Å². The molecule has 0 fully saturated rings. The molecule has 4 aromatic rings. The van der Waals surface area contributed by atoms with E-state index in [-0.39, 0.29) is 16.6 Å². The summed E-state index contributed by atoms with van der Waals surface area (Å²) in [5.74, 6) is 6.26. The minimum Gasteiger partial charge on any atom is -0.335 e. The molecular weight excluding hydrogens is 472 g/mol. The second-order valence-corrected chi connectivity index (χ2v) is 10.1. The number of anilines is 2. The SMILES string of the molecule is CN(c1ccccc1)S(=O)(=O)c1cccc(NC(=O)CSc2nnc(-c3ccccc3)n2N)c1. The third kappa shape index (κ3) is 5.05. The average molecular weight is 495 g/mol.